The molecule has 2 heterocycles. The molecular weight excluding hydrogens is 308 g/mol. The van der Waals surface area contributed by atoms with E-state index in [4.69, 9.17) is 0 Å². The molecule has 0 spiro atoms. The number of aryl methyl sites for hydroxylation is 2. The van der Waals surface area contributed by atoms with Crippen LogP contribution in [0.25, 0.3) is 0 Å². The largest absolute Gasteiger partial charge is 0.293 e. The number of nitrogens with zero attached hydrogens (tertiary/aromatic N) is 3. The molecule has 0 aromatic carbocycles. The number of likely N-dealkylation sites (tertiary alicyclic amines) is 1. The molecule has 3 amide bonds. The fraction of sp³-hybridized carbons (Fsp3) is 0.588. The van der Waals surface area contributed by atoms with Crippen LogP contribution < -0.4 is 5.32 Å². The Morgan fingerprint density at radius 3 is 2.58 bits per heavy atom. The molecule has 1 aliphatic heterocycles. The van der Waals surface area contributed by atoms with Crippen molar-refractivity contribution >= 4 is 23.7 Å². The van der Waals surface area contributed by atoms with Crippen LogP contribution in [0.5, 0.6) is 0 Å². The summed E-state index contributed by atoms with van der Waals surface area (Å²) in [7, 11) is 0. The van der Waals surface area contributed by atoms with Crippen molar-refractivity contribution < 1.29 is 14.4 Å². The fourth-order valence-electron chi connectivity index (χ4n) is 3.33. The minimum absolute atomic E-state index is 0.133. The second kappa shape index (κ2) is 5.96. The number of carbonyl (C=O) groups is 3. The molecule has 0 unspecified atom stereocenters. The monoisotopic (exact) mass is 330 g/mol. The predicted molar refractivity (Wildman–Crippen MR) is 87.2 cm³/mol. The summed E-state index contributed by atoms with van der Waals surface area (Å²) >= 11 is 0. The van der Waals surface area contributed by atoms with Crippen LogP contribution in [0.2, 0.25) is 0 Å². The van der Waals surface area contributed by atoms with E-state index in [0.29, 0.717) is 0 Å². The number of amides is 3. The van der Waals surface area contributed by atoms with Gasteiger partial charge in [0.25, 0.3) is 0 Å². The number of fused-ring (bicyclic) bond motifs is 1. The van der Waals surface area contributed by atoms with E-state index in [-0.39, 0.29) is 30.7 Å². The van der Waals surface area contributed by atoms with Crippen LogP contribution in [-0.4, -0.2) is 39.1 Å². The van der Waals surface area contributed by atoms with Crippen LogP contribution in [0.4, 0.5) is 5.95 Å². The molecule has 0 bridgehead atoms. The van der Waals surface area contributed by atoms with Gasteiger partial charge in [0.1, 0.15) is 6.54 Å². The smallest absolute Gasteiger partial charge is 0.246 e. The molecule has 24 heavy (non-hydrogen) atoms. The van der Waals surface area contributed by atoms with Crippen LogP contribution in [0.15, 0.2) is 0 Å². The molecule has 0 radical (unpaired) electrons. The van der Waals surface area contributed by atoms with Crippen molar-refractivity contribution in [2.24, 2.45) is 5.41 Å². The van der Waals surface area contributed by atoms with Crippen LogP contribution in [0.3, 0.4) is 0 Å². The lowest BCUT2D eigenvalue weighted by atomic mass is 9.92. The number of imide groups is 1. The maximum Gasteiger partial charge on any atom is 0.246 e. The fourth-order valence-corrected chi connectivity index (χ4v) is 3.33. The normalized spacial score (nSPS) is 19.4. The predicted octanol–water partition coefficient (Wildman–Crippen LogP) is 1.39. The van der Waals surface area contributed by atoms with Crippen LogP contribution in [0.1, 0.15) is 50.1 Å². The molecular formula is C17H22N4O3. The minimum Gasteiger partial charge on any atom is -0.293 e. The highest BCUT2D eigenvalue weighted by atomic mass is 16.2. The Morgan fingerprint density at radius 1 is 1.21 bits per heavy atom. The molecule has 7 nitrogen and oxygen atoms in total. The Bertz CT molecular complexity index is 727. The number of hydrogen-bond donors (Lipinski definition) is 1. The lowest BCUT2D eigenvalue weighted by molar-refractivity contribution is -0.143. The maximum absolute atomic E-state index is 12.2. The summed E-state index contributed by atoms with van der Waals surface area (Å²) in [4.78, 5) is 46.1. The number of rotatable bonds is 3. The minimum atomic E-state index is -0.740. The van der Waals surface area contributed by atoms with Gasteiger partial charge in [-0.05, 0) is 38.2 Å². The molecule has 1 aliphatic carbocycles. The zero-order valence-electron chi connectivity index (χ0n) is 14.3. The van der Waals surface area contributed by atoms with E-state index in [0.717, 1.165) is 42.0 Å². The van der Waals surface area contributed by atoms with E-state index in [1.807, 2.05) is 6.92 Å². The molecule has 0 saturated carbocycles. The van der Waals surface area contributed by atoms with Gasteiger partial charge >= 0.3 is 0 Å². The highest BCUT2D eigenvalue weighted by Crippen LogP contribution is 2.31. The number of hydrogen-bond acceptors (Lipinski definition) is 5. The average Bonchev–Trinajstić information content (AvgIpc) is 2.69. The Kier molecular flexibility index (Phi) is 4.11. The van der Waals surface area contributed by atoms with Gasteiger partial charge in [0, 0.05) is 17.8 Å². The summed E-state index contributed by atoms with van der Waals surface area (Å²) < 4.78 is 0. The molecule has 1 aromatic heterocycles. The van der Waals surface area contributed by atoms with Crippen molar-refractivity contribution in [3.63, 3.8) is 0 Å². The van der Waals surface area contributed by atoms with Crippen LogP contribution in [-0.2, 0) is 27.2 Å². The topological polar surface area (TPSA) is 92.3 Å². The van der Waals surface area contributed by atoms with E-state index in [9.17, 15) is 14.4 Å². The van der Waals surface area contributed by atoms with Gasteiger partial charge in [-0.3, -0.25) is 24.6 Å². The van der Waals surface area contributed by atoms with E-state index < -0.39 is 11.3 Å². The molecule has 0 atom stereocenters. The van der Waals surface area contributed by atoms with Gasteiger partial charge in [-0.25, -0.2) is 9.97 Å². The molecule has 3 rings (SSSR count). The van der Waals surface area contributed by atoms with Crippen molar-refractivity contribution in [3.05, 3.63) is 17.0 Å². The van der Waals surface area contributed by atoms with Crippen LogP contribution >= 0.6 is 0 Å². The molecule has 1 fully saturated rings. The summed E-state index contributed by atoms with van der Waals surface area (Å²) in [6.45, 7) is 5.04. The van der Waals surface area contributed by atoms with E-state index in [1.165, 1.54) is 5.56 Å². The van der Waals surface area contributed by atoms with Crippen molar-refractivity contribution in [2.45, 2.75) is 52.9 Å². The third kappa shape index (κ3) is 3.02. The summed E-state index contributed by atoms with van der Waals surface area (Å²) in [5.41, 5.74) is 2.30. The molecule has 1 saturated heterocycles. The third-order valence-electron chi connectivity index (χ3n) is 4.66. The van der Waals surface area contributed by atoms with Crippen LogP contribution in [0, 0.1) is 12.3 Å². The average molecular weight is 330 g/mol. The Morgan fingerprint density at radius 2 is 1.92 bits per heavy atom. The Hall–Kier alpha value is -2.31. The molecule has 2 aliphatic rings. The quantitative estimate of drug-likeness (QED) is 0.846. The Labute approximate surface area is 140 Å². The second-order valence-electron chi connectivity index (χ2n) is 7.16. The van der Waals surface area contributed by atoms with Gasteiger partial charge in [0.15, 0.2) is 0 Å². The summed E-state index contributed by atoms with van der Waals surface area (Å²) in [6, 6.07) is 0. The van der Waals surface area contributed by atoms with Crippen molar-refractivity contribution in [2.75, 3.05) is 11.9 Å². The van der Waals surface area contributed by atoms with Gasteiger partial charge in [-0.2, -0.15) is 0 Å². The summed E-state index contributed by atoms with van der Waals surface area (Å²) in [5, 5.41) is 2.62. The Balaban J connectivity index is 1.71. The van der Waals surface area contributed by atoms with E-state index in [1.54, 1.807) is 13.8 Å². The molecule has 7 heteroatoms. The van der Waals surface area contributed by atoms with Crippen molar-refractivity contribution in [3.8, 4) is 0 Å². The summed E-state index contributed by atoms with van der Waals surface area (Å²) in [5.74, 6) is -0.839. The molecule has 1 N–H and O–H groups in total. The van der Waals surface area contributed by atoms with Gasteiger partial charge in [-0.1, -0.05) is 13.8 Å². The van der Waals surface area contributed by atoms with Crippen molar-refractivity contribution in [1.29, 1.82) is 0 Å². The highest BCUT2D eigenvalue weighted by Gasteiger charge is 2.45. The third-order valence-corrected chi connectivity index (χ3v) is 4.66. The van der Waals surface area contributed by atoms with Crippen molar-refractivity contribution in [1.82, 2.24) is 14.9 Å². The zero-order chi connectivity index (χ0) is 17.5. The van der Waals surface area contributed by atoms with E-state index in [2.05, 4.69) is 15.3 Å². The lowest BCUT2D eigenvalue weighted by Gasteiger charge is -2.19. The van der Waals surface area contributed by atoms with Gasteiger partial charge in [0.2, 0.25) is 23.7 Å². The molecule has 1 aromatic rings. The first-order valence-electron chi connectivity index (χ1n) is 8.29. The number of nitrogens with one attached hydrogen (secondary N) is 1. The number of carbonyl (C=O) groups excluding carboxylic acids is 3. The van der Waals surface area contributed by atoms with Gasteiger partial charge in [-0.15, -0.1) is 0 Å². The van der Waals surface area contributed by atoms with Gasteiger partial charge < -0.3 is 0 Å². The standard InChI is InChI=1S/C17H22N4O3/c1-10-11-6-4-5-7-12(11)19-16(18-10)20-13(22)9-21-14(23)8-17(2,3)15(21)24/h4-9H2,1-3H3,(H,18,19,20,22). The first-order chi connectivity index (χ1) is 11.3. The highest BCUT2D eigenvalue weighted by molar-refractivity contribution is 6.08. The number of anilines is 1. The SMILES string of the molecule is Cc1nc(NC(=O)CN2C(=O)CC(C)(C)C2=O)nc2c1CCCC2. The summed E-state index contributed by atoms with van der Waals surface area (Å²) in [6.07, 6.45) is 4.22. The first kappa shape index (κ1) is 16.5. The molecule has 128 valence electrons. The second-order valence-corrected chi connectivity index (χ2v) is 7.16. The maximum atomic E-state index is 12.2. The van der Waals surface area contributed by atoms with E-state index >= 15 is 0 Å². The lowest BCUT2D eigenvalue weighted by Crippen LogP contribution is -2.39. The zero-order valence-corrected chi connectivity index (χ0v) is 14.3. The van der Waals surface area contributed by atoms with Gasteiger partial charge in [0.05, 0.1) is 5.41 Å². The first-order valence-corrected chi connectivity index (χ1v) is 8.29. The number of aromatic nitrogens is 2.